The Morgan fingerprint density at radius 1 is 1.29 bits per heavy atom. The van der Waals surface area contributed by atoms with E-state index in [0.717, 1.165) is 5.56 Å². The molecule has 132 valence electrons. The number of piperidine rings is 1. The van der Waals surface area contributed by atoms with Crippen molar-refractivity contribution in [2.45, 2.75) is 45.6 Å². The Morgan fingerprint density at radius 2 is 1.92 bits per heavy atom. The van der Waals surface area contributed by atoms with Gasteiger partial charge >= 0.3 is 12.1 Å². The highest BCUT2D eigenvalue weighted by atomic mass is 19.1. The van der Waals surface area contributed by atoms with E-state index in [1.165, 1.54) is 17.0 Å². The van der Waals surface area contributed by atoms with Crippen molar-refractivity contribution in [1.82, 2.24) is 4.90 Å². The van der Waals surface area contributed by atoms with Gasteiger partial charge < -0.3 is 14.7 Å². The fourth-order valence-corrected chi connectivity index (χ4v) is 3.00. The van der Waals surface area contributed by atoms with Crippen molar-refractivity contribution in [1.29, 1.82) is 0 Å². The van der Waals surface area contributed by atoms with Gasteiger partial charge in [0.05, 0.1) is 5.41 Å². The van der Waals surface area contributed by atoms with Crippen molar-refractivity contribution in [2.75, 3.05) is 13.1 Å². The Labute approximate surface area is 141 Å². The Bertz CT molecular complexity index is 608. The number of amides is 1. The molecule has 0 radical (unpaired) electrons. The van der Waals surface area contributed by atoms with E-state index in [1.807, 2.05) is 0 Å². The van der Waals surface area contributed by atoms with E-state index in [1.54, 1.807) is 32.9 Å². The molecule has 0 bridgehead atoms. The molecule has 1 saturated heterocycles. The third-order valence-corrected chi connectivity index (χ3v) is 4.14. The number of aliphatic carboxylic acids is 1. The van der Waals surface area contributed by atoms with Crippen LogP contribution in [0.4, 0.5) is 9.18 Å². The van der Waals surface area contributed by atoms with Crippen LogP contribution in [0.3, 0.4) is 0 Å². The van der Waals surface area contributed by atoms with Gasteiger partial charge in [0.1, 0.15) is 11.4 Å². The van der Waals surface area contributed by atoms with Crippen LogP contribution in [0.5, 0.6) is 0 Å². The quantitative estimate of drug-likeness (QED) is 0.917. The lowest BCUT2D eigenvalue weighted by atomic mass is 9.75. The number of halogens is 1. The fourth-order valence-electron chi connectivity index (χ4n) is 3.00. The Balaban J connectivity index is 2.18. The lowest BCUT2D eigenvalue weighted by Gasteiger charge is -2.40. The molecule has 0 unspecified atom stereocenters. The van der Waals surface area contributed by atoms with Gasteiger partial charge in [0.15, 0.2) is 0 Å². The van der Waals surface area contributed by atoms with Crippen LogP contribution in [-0.2, 0) is 16.0 Å². The van der Waals surface area contributed by atoms with Gasteiger partial charge in [0.2, 0.25) is 0 Å². The molecule has 0 aliphatic carbocycles. The molecule has 24 heavy (non-hydrogen) atoms. The van der Waals surface area contributed by atoms with Crippen LogP contribution < -0.4 is 0 Å². The normalized spacial score (nSPS) is 21.4. The first kappa shape index (κ1) is 18.2. The predicted octanol–water partition coefficient (Wildman–Crippen LogP) is 3.47. The molecule has 1 aromatic rings. The molecular formula is C18H24FNO4. The second-order valence-electron chi connectivity index (χ2n) is 7.39. The number of benzene rings is 1. The fraction of sp³-hybridized carbons (Fsp3) is 0.556. The van der Waals surface area contributed by atoms with E-state index >= 15 is 0 Å². The van der Waals surface area contributed by atoms with Gasteiger partial charge in [-0.2, -0.15) is 0 Å². The number of rotatable bonds is 3. The van der Waals surface area contributed by atoms with E-state index in [4.69, 9.17) is 4.74 Å². The van der Waals surface area contributed by atoms with Crippen LogP contribution in [0.15, 0.2) is 24.3 Å². The number of carbonyl (C=O) groups excluding carboxylic acids is 1. The molecule has 1 aliphatic heterocycles. The summed E-state index contributed by atoms with van der Waals surface area (Å²) in [5.74, 6) is -1.30. The summed E-state index contributed by atoms with van der Waals surface area (Å²) < 4.78 is 18.4. The van der Waals surface area contributed by atoms with Gasteiger partial charge in [-0.25, -0.2) is 9.18 Å². The number of hydrogen-bond acceptors (Lipinski definition) is 3. The van der Waals surface area contributed by atoms with Gasteiger partial charge in [-0.15, -0.1) is 0 Å². The molecule has 1 fully saturated rings. The smallest absolute Gasteiger partial charge is 0.410 e. The van der Waals surface area contributed by atoms with Crippen LogP contribution in [-0.4, -0.2) is 40.8 Å². The number of carboxylic acid groups (broad SMARTS) is 1. The molecule has 1 heterocycles. The molecule has 1 aliphatic rings. The van der Waals surface area contributed by atoms with Crippen molar-refractivity contribution in [3.63, 3.8) is 0 Å². The van der Waals surface area contributed by atoms with Crippen molar-refractivity contribution < 1.29 is 23.8 Å². The first-order valence-corrected chi connectivity index (χ1v) is 8.07. The number of likely N-dealkylation sites (tertiary alicyclic amines) is 1. The van der Waals surface area contributed by atoms with Gasteiger partial charge in [-0.1, -0.05) is 12.1 Å². The SMILES string of the molecule is CC(C)(C)OC(=O)N1CCC[C@@](Cc2ccc(F)cc2)(C(=O)O)C1. The number of carbonyl (C=O) groups is 2. The molecular weight excluding hydrogens is 313 g/mol. The molecule has 0 saturated carbocycles. The molecule has 1 aromatic carbocycles. The minimum Gasteiger partial charge on any atom is -0.481 e. The van der Waals surface area contributed by atoms with Gasteiger partial charge in [-0.3, -0.25) is 4.79 Å². The second kappa shape index (κ2) is 6.79. The summed E-state index contributed by atoms with van der Waals surface area (Å²) in [5.41, 5.74) is -0.963. The first-order valence-electron chi connectivity index (χ1n) is 8.07. The third kappa shape index (κ3) is 4.46. The molecule has 1 N–H and O–H groups in total. The minimum atomic E-state index is -1.08. The molecule has 1 amide bonds. The minimum absolute atomic E-state index is 0.0919. The summed E-state index contributed by atoms with van der Waals surface area (Å²) in [6.45, 7) is 5.90. The Morgan fingerprint density at radius 3 is 2.46 bits per heavy atom. The van der Waals surface area contributed by atoms with E-state index in [9.17, 15) is 19.1 Å². The molecule has 6 heteroatoms. The van der Waals surface area contributed by atoms with Gasteiger partial charge in [0, 0.05) is 13.1 Å². The zero-order chi connectivity index (χ0) is 18.0. The van der Waals surface area contributed by atoms with Crippen molar-refractivity contribution in [3.8, 4) is 0 Å². The van der Waals surface area contributed by atoms with E-state index in [0.29, 0.717) is 19.4 Å². The molecule has 2 rings (SSSR count). The van der Waals surface area contributed by atoms with E-state index < -0.39 is 23.1 Å². The predicted molar refractivity (Wildman–Crippen MR) is 87.2 cm³/mol. The van der Waals surface area contributed by atoms with Crippen LogP contribution in [0.25, 0.3) is 0 Å². The summed E-state index contributed by atoms with van der Waals surface area (Å²) in [4.78, 5) is 25.7. The molecule has 0 aromatic heterocycles. The van der Waals surface area contributed by atoms with E-state index in [-0.39, 0.29) is 18.8 Å². The number of carboxylic acids is 1. The lowest BCUT2D eigenvalue weighted by molar-refractivity contribution is -0.152. The summed E-state index contributed by atoms with van der Waals surface area (Å²) in [6, 6.07) is 5.82. The highest BCUT2D eigenvalue weighted by Gasteiger charge is 2.44. The van der Waals surface area contributed by atoms with Crippen LogP contribution in [0.1, 0.15) is 39.2 Å². The number of ether oxygens (including phenoxy) is 1. The molecule has 1 atom stereocenters. The van der Waals surface area contributed by atoms with Crippen molar-refractivity contribution in [2.24, 2.45) is 5.41 Å². The maximum Gasteiger partial charge on any atom is 0.410 e. The summed E-state index contributed by atoms with van der Waals surface area (Å²) in [7, 11) is 0. The Kier molecular flexibility index (Phi) is 5.16. The zero-order valence-corrected chi connectivity index (χ0v) is 14.3. The maximum atomic E-state index is 13.1. The van der Waals surface area contributed by atoms with Crippen molar-refractivity contribution >= 4 is 12.1 Å². The molecule has 0 spiro atoms. The monoisotopic (exact) mass is 337 g/mol. The van der Waals surface area contributed by atoms with Gasteiger partial charge in [-0.05, 0) is 57.7 Å². The average molecular weight is 337 g/mol. The third-order valence-electron chi connectivity index (χ3n) is 4.14. The lowest BCUT2D eigenvalue weighted by Crippen LogP contribution is -2.52. The highest BCUT2D eigenvalue weighted by molar-refractivity contribution is 5.77. The number of nitrogens with zero attached hydrogens (tertiary/aromatic N) is 1. The van der Waals surface area contributed by atoms with Crippen molar-refractivity contribution in [3.05, 3.63) is 35.6 Å². The summed E-state index contributed by atoms with van der Waals surface area (Å²) >= 11 is 0. The zero-order valence-electron chi connectivity index (χ0n) is 14.3. The Hall–Kier alpha value is -2.11. The highest BCUT2D eigenvalue weighted by Crippen LogP contribution is 2.35. The van der Waals surface area contributed by atoms with Crippen LogP contribution >= 0.6 is 0 Å². The standard InChI is InChI=1S/C18H24FNO4/c1-17(2,3)24-16(23)20-10-4-9-18(12-20,15(21)22)11-13-5-7-14(19)8-6-13/h5-8H,4,9-12H2,1-3H3,(H,21,22)/t18-/m0/s1. The number of hydrogen-bond donors (Lipinski definition) is 1. The second-order valence-corrected chi connectivity index (χ2v) is 7.39. The van der Waals surface area contributed by atoms with Gasteiger partial charge in [0.25, 0.3) is 0 Å². The average Bonchev–Trinajstić information content (AvgIpc) is 2.48. The van der Waals surface area contributed by atoms with E-state index in [2.05, 4.69) is 0 Å². The maximum absolute atomic E-state index is 13.1. The van der Waals surface area contributed by atoms with Crippen LogP contribution in [0.2, 0.25) is 0 Å². The first-order chi connectivity index (χ1) is 11.1. The topological polar surface area (TPSA) is 66.8 Å². The largest absolute Gasteiger partial charge is 0.481 e. The molecule has 5 nitrogen and oxygen atoms in total. The summed E-state index contributed by atoms with van der Waals surface area (Å²) in [5, 5.41) is 9.78. The van der Waals surface area contributed by atoms with Crippen LogP contribution in [0, 0.1) is 11.2 Å². The summed E-state index contributed by atoms with van der Waals surface area (Å²) in [6.07, 6.45) is 0.820.